The van der Waals surface area contributed by atoms with Crippen LogP contribution in [-0.4, -0.2) is 33.3 Å². The van der Waals surface area contributed by atoms with E-state index < -0.39 is 0 Å². The van der Waals surface area contributed by atoms with Gasteiger partial charge in [-0.3, -0.25) is 9.58 Å². The number of aryl methyl sites for hydroxylation is 3. The third-order valence-corrected chi connectivity index (χ3v) is 4.29. The SMILES string of the molecule is CCc1nn(C)cc1C(CN)N(C)Cc1csc(C)n1. The van der Waals surface area contributed by atoms with Crippen molar-refractivity contribution >= 4 is 11.3 Å². The molecule has 2 rings (SSSR count). The number of hydrogen-bond acceptors (Lipinski definition) is 5. The Kier molecular flexibility index (Phi) is 4.91. The van der Waals surface area contributed by atoms with E-state index in [0.717, 1.165) is 29.4 Å². The maximum Gasteiger partial charge on any atom is 0.0897 e. The van der Waals surface area contributed by atoms with Gasteiger partial charge in [-0.25, -0.2) is 4.98 Å². The van der Waals surface area contributed by atoms with Gasteiger partial charge in [0.15, 0.2) is 0 Å². The predicted octanol–water partition coefficient (Wildman–Crippen LogP) is 1.88. The van der Waals surface area contributed by atoms with Crippen LogP contribution in [0, 0.1) is 6.92 Å². The molecule has 0 saturated carbocycles. The van der Waals surface area contributed by atoms with Crippen LogP contribution in [0.25, 0.3) is 0 Å². The van der Waals surface area contributed by atoms with Crippen LogP contribution in [0.1, 0.15) is 34.9 Å². The first-order valence-corrected chi connectivity index (χ1v) is 7.76. The normalized spacial score (nSPS) is 13.1. The second-order valence-electron chi connectivity index (χ2n) is 5.08. The molecule has 2 heterocycles. The quantitative estimate of drug-likeness (QED) is 0.883. The highest BCUT2D eigenvalue weighted by Gasteiger charge is 2.21. The summed E-state index contributed by atoms with van der Waals surface area (Å²) < 4.78 is 1.87. The maximum atomic E-state index is 6.00. The van der Waals surface area contributed by atoms with Crippen molar-refractivity contribution in [2.45, 2.75) is 32.9 Å². The zero-order valence-electron chi connectivity index (χ0n) is 12.6. The second kappa shape index (κ2) is 6.47. The second-order valence-corrected chi connectivity index (χ2v) is 6.15. The highest BCUT2D eigenvalue weighted by Crippen LogP contribution is 2.23. The molecule has 0 aliphatic carbocycles. The van der Waals surface area contributed by atoms with Crippen molar-refractivity contribution in [1.29, 1.82) is 0 Å². The molecule has 1 unspecified atom stereocenters. The first-order chi connectivity index (χ1) is 9.55. The number of hydrogen-bond donors (Lipinski definition) is 1. The van der Waals surface area contributed by atoms with Crippen molar-refractivity contribution in [3.05, 3.63) is 33.5 Å². The molecule has 2 aromatic rings. The molecule has 1 atom stereocenters. The van der Waals surface area contributed by atoms with Crippen LogP contribution in [0.5, 0.6) is 0 Å². The van der Waals surface area contributed by atoms with Gasteiger partial charge in [-0.15, -0.1) is 11.3 Å². The highest BCUT2D eigenvalue weighted by atomic mass is 32.1. The van der Waals surface area contributed by atoms with E-state index in [1.165, 1.54) is 5.56 Å². The Bertz CT molecular complexity index is 560. The van der Waals surface area contributed by atoms with Crippen LogP contribution in [0.15, 0.2) is 11.6 Å². The zero-order chi connectivity index (χ0) is 14.7. The third-order valence-electron chi connectivity index (χ3n) is 3.46. The van der Waals surface area contributed by atoms with E-state index in [4.69, 9.17) is 5.73 Å². The third kappa shape index (κ3) is 3.26. The monoisotopic (exact) mass is 293 g/mol. The van der Waals surface area contributed by atoms with E-state index in [0.29, 0.717) is 6.54 Å². The summed E-state index contributed by atoms with van der Waals surface area (Å²) in [4.78, 5) is 6.78. The fraction of sp³-hybridized carbons (Fsp3) is 0.571. The molecule has 0 fully saturated rings. The Morgan fingerprint density at radius 3 is 2.80 bits per heavy atom. The first-order valence-electron chi connectivity index (χ1n) is 6.88. The van der Waals surface area contributed by atoms with Crippen molar-refractivity contribution < 1.29 is 0 Å². The van der Waals surface area contributed by atoms with Gasteiger partial charge in [0.25, 0.3) is 0 Å². The Morgan fingerprint density at radius 2 is 2.25 bits per heavy atom. The van der Waals surface area contributed by atoms with E-state index in [1.807, 2.05) is 18.7 Å². The molecule has 5 nitrogen and oxygen atoms in total. The number of aromatic nitrogens is 3. The first kappa shape index (κ1) is 15.2. The zero-order valence-corrected chi connectivity index (χ0v) is 13.4. The molecule has 110 valence electrons. The van der Waals surface area contributed by atoms with Gasteiger partial charge in [-0.05, 0) is 20.4 Å². The van der Waals surface area contributed by atoms with E-state index in [9.17, 15) is 0 Å². The van der Waals surface area contributed by atoms with E-state index in [1.54, 1.807) is 11.3 Å². The summed E-state index contributed by atoms with van der Waals surface area (Å²) in [5.74, 6) is 0. The van der Waals surface area contributed by atoms with E-state index >= 15 is 0 Å². The maximum absolute atomic E-state index is 6.00. The minimum Gasteiger partial charge on any atom is -0.329 e. The largest absolute Gasteiger partial charge is 0.329 e. The van der Waals surface area contributed by atoms with Crippen molar-refractivity contribution in [2.24, 2.45) is 12.8 Å². The van der Waals surface area contributed by atoms with Crippen molar-refractivity contribution in [1.82, 2.24) is 19.7 Å². The summed E-state index contributed by atoms with van der Waals surface area (Å²) in [6, 6.07) is 0.181. The number of thiazole rings is 1. The lowest BCUT2D eigenvalue weighted by Crippen LogP contribution is -2.30. The molecule has 20 heavy (non-hydrogen) atoms. The van der Waals surface area contributed by atoms with Crippen molar-refractivity contribution in [3.63, 3.8) is 0 Å². The molecule has 2 aromatic heterocycles. The molecule has 0 aliphatic rings. The van der Waals surface area contributed by atoms with Gasteiger partial charge in [0.1, 0.15) is 0 Å². The van der Waals surface area contributed by atoms with E-state index in [-0.39, 0.29) is 6.04 Å². The van der Waals surface area contributed by atoms with Crippen LogP contribution >= 0.6 is 11.3 Å². The van der Waals surface area contributed by atoms with Gasteiger partial charge in [0.05, 0.1) is 22.4 Å². The molecule has 0 amide bonds. The average molecular weight is 293 g/mol. The average Bonchev–Trinajstić information content (AvgIpc) is 2.96. The number of rotatable bonds is 6. The summed E-state index contributed by atoms with van der Waals surface area (Å²) in [5, 5.41) is 7.73. The van der Waals surface area contributed by atoms with Crippen LogP contribution in [0.2, 0.25) is 0 Å². The molecule has 0 aliphatic heterocycles. The topological polar surface area (TPSA) is 60.0 Å². The van der Waals surface area contributed by atoms with Gasteiger partial charge >= 0.3 is 0 Å². The number of nitrogens with two attached hydrogens (primary N) is 1. The Balaban J connectivity index is 2.18. The Morgan fingerprint density at radius 1 is 1.50 bits per heavy atom. The van der Waals surface area contributed by atoms with Crippen LogP contribution in [-0.2, 0) is 20.0 Å². The molecule has 0 saturated heterocycles. The van der Waals surface area contributed by atoms with Gasteiger partial charge in [0, 0.05) is 37.3 Å². The van der Waals surface area contributed by atoms with Gasteiger partial charge in [-0.2, -0.15) is 5.10 Å². The van der Waals surface area contributed by atoms with Gasteiger partial charge < -0.3 is 5.73 Å². The predicted molar refractivity (Wildman–Crippen MR) is 82.7 cm³/mol. The molecule has 6 heteroatoms. The fourth-order valence-corrected chi connectivity index (χ4v) is 3.10. The Hall–Kier alpha value is -1.24. The fourth-order valence-electron chi connectivity index (χ4n) is 2.50. The van der Waals surface area contributed by atoms with Crippen molar-refractivity contribution in [3.8, 4) is 0 Å². The highest BCUT2D eigenvalue weighted by molar-refractivity contribution is 7.09. The summed E-state index contributed by atoms with van der Waals surface area (Å²) in [6.07, 6.45) is 3.01. The Labute approximate surface area is 124 Å². The lowest BCUT2D eigenvalue weighted by molar-refractivity contribution is 0.238. The summed E-state index contributed by atoms with van der Waals surface area (Å²) in [6.45, 7) is 5.55. The molecule has 2 N–H and O–H groups in total. The van der Waals surface area contributed by atoms with Crippen LogP contribution < -0.4 is 5.73 Å². The molecular weight excluding hydrogens is 270 g/mol. The van der Waals surface area contributed by atoms with Crippen LogP contribution in [0.4, 0.5) is 0 Å². The smallest absolute Gasteiger partial charge is 0.0897 e. The van der Waals surface area contributed by atoms with Crippen molar-refractivity contribution in [2.75, 3.05) is 13.6 Å². The van der Waals surface area contributed by atoms with E-state index in [2.05, 4.69) is 40.5 Å². The number of nitrogens with zero attached hydrogens (tertiary/aromatic N) is 4. The lowest BCUT2D eigenvalue weighted by Gasteiger charge is -2.26. The summed E-state index contributed by atoms with van der Waals surface area (Å²) in [5.41, 5.74) is 9.47. The lowest BCUT2D eigenvalue weighted by atomic mass is 10.1. The summed E-state index contributed by atoms with van der Waals surface area (Å²) >= 11 is 1.69. The van der Waals surface area contributed by atoms with Gasteiger partial charge in [-0.1, -0.05) is 6.92 Å². The standard InChI is InChI=1S/C14H23N5S/c1-5-13-12(8-19(4)17-13)14(6-15)18(3)7-11-9-20-10(2)16-11/h8-9,14H,5-7,15H2,1-4H3. The molecule has 0 aromatic carbocycles. The molecular formula is C14H23N5S. The van der Waals surface area contributed by atoms with Gasteiger partial charge in [0.2, 0.25) is 0 Å². The molecule has 0 radical (unpaired) electrons. The molecule has 0 spiro atoms. The number of likely N-dealkylation sites (N-methyl/N-ethyl adjacent to an activating group) is 1. The minimum absolute atomic E-state index is 0.181. The summed E-state index contributed by atoms with van der Waals surface area (Å²) in [7, 11) is 4.05. The minimum atomic E-state index is 0.181. The molecule has 0 bridgehead atoms. The van der Waals surface area contributed by atoms with Crippen LogP contribution in [0.3, 0.4) is 0 Å².